The van der Waals surface area contributed by atoms with Crippen molar-refractivity contribution in [1.82, 2.24) is 5.32 Å². The molecule has 0 radical (unpaired) electrons. The number of anilines is 1. The highest BCUT2D eigenvalue weighted by Gasteiger charge is 2.16. The number of nitrogens with one attached hydrogen (secondary N) is 2. The number of hydrogen-bond donors (Lipinski definition) is 2. The minimum Gasteiger partial charge on any atom is -0.323 e. The highest BCUT2D eigenvalue weighted by molar-refractivity contribution is 5.91. The summed E-state index contributed by atoms with van der Waals surface area (Å²) in [5.74, 6) is -0.487. The van der Waals surface area contributed by atoms with Crippen LogP contribution >= 0.6 is 12.4 Å². The van der Waals surface area contributed by atoms with E-state index in [4.69, 9.17) is 0 Å². The molecule has 0 aromatic heterocycles. The van der Waals surface area contributed by atoms with Gasteiger partial charge in [-0.3, -0.25) is 4.79 Å². The summed E-state index contributed by atoms with van der Waals surface area (Å²) >= 11 is 0. The summed E-state index contributed by atoms with van der Waals surface area (Å²) in [6.45, 7) is 2.83. The molecular weight excluding hydrogens is 267 g/mol. The molecule has 1 unspecified atom stereocenters. The maximum Gasteiger partial charge on any atom is 0.224 e. The molecule has 1 aliphatic rings. The monoisotopic (exact) mass is 286 g/mol. The molecule has 0 bridgehead atoms. The van der Waals surface area contributed by atoms with Crippen molar-refractivity contribution in [2.45, 2.75) is 38.6 Å². The molecule has 0 spiro atoms. The van der Waals surface area contributed by atoms with E-state index in [2.05, 4.69) is 10.6 Å². The smallest absolute Gasteiger partial charge is 0.224 e. The third-order valence-electron chi connectivity index (χ3n) is 3.37. The minimum absolute atomic E-state index is 0. The standard InChI is InChI=1S/C14H19FN2O.ClH/c1-10-4-2-6-12(15)14(10)17-13(18)8-7-11-5-3-9-16-11;/h2,4,6,11,16H,3,5,7-9H2,1H3,(H,17,18);1H. The van der Waals surface area contributed by atoms with Gasteiger partial charge < -0.3 is 10.6 Å². The van der Waals surface area contributed by atoms with Crippen molar-refractivity contribution < 1.29 is 9.18 Å². The SMILES string of the molecule is Cc1cccc(F)c1NC(=O)CCC1CCCN1.Cl. The van der Waals surface area contributed by atoms with Crippen LogP contribution in [0.25, 0.3) is 0 Å². The van der Waals surface area contributed by atoms with Crippen LogP contribution in [0.3, 0.4) is 0 Å². The number of halogens is 2. The van der Waals surface area contributed by atoms with E-state index in [0.29, 0.717) is 18.2 Å². The number of carbonyl (C=O) groups excluding carboxylic acids is 1. The van der Waals surface area contributed by atoms with Crippen molar-refractivity contribution in [2.24, 2.45) is 0 Å². The summed E-state index contributed by atoms with van der Waals surface area (Å²) in [6, 6.07) is 5.23. The van der Waals surface area contributed by atoms with Crippen molar-refractivity contribution in [3.63, 3.8) is 0 Å². The Kier molecular flexibility index (Phi) is 6.25. The topological polar surface area (TPSA) is 41.1 Å². The van der Waals surface area contributed by atoms with Crippen LogP contribution in [0.1, 0.15) is 31.2 Å². The van der Waals surface area contributed by atoms with Crippen LogP contribution in [0.5, 0.6) is 0 Å². The summed E-state index contributed by atoms with van der Waals surface area (Å²) in [5.41, 5.74) is 1.06. The van der Waals surface area contributed by atoms with Gasteiger partial charge in [0, 0.05) is 12.5 Å². The van der Waals surface area contributed by atoms with Crippen LogP contribution in [-0.4, -0.2) is 18.5 Å². The first-order valence-corrected chi connectivity index (χ1v) is 6.45. The van der Waals surface area contributed by atoms with Gasteiger partial charge in [-0.1, -0.05) is 12.1 Å². The molecule has 2 rings (SSSR count). The fraction of sp³-hybridized carbons (Fsp3) is 0.500. The summed E-state index contributed by atoms with van der Waals surface area (Å²) in [6.07, 6.45) is 3.56. The van der Waals surface area contributed by atoms with Crippen LogP contribution in [0.15, 0.2) is 18.2 Å². The van der Waals surface area contributed by atoms with E-state index in [-0.39, 0.29) is 24.1 Å². The minimum atomic E-state index is -0.373. The number of carbonyl (C=O) groups is 1. The fourth-order valence-corrected chi connectivity index (χ4v) is 2.30. The molecule has 1 aromatic carbocycles. The van der Waals surface area contributed by atoms with Gasteiger partial charge in [-0.25, -0.2) is 4.39 Å². The van der Waals surface area contributed by atoms with E-state index in [1.165, 1.54) is 12.5 Å². The van der Waals surface area contributed by atoms with Gasteiger partial charge in [-0.05, 0) is 44.4 Å². The third-order valence-corrected chi connectivity index (χ3v) is 3.37. The summed E-state index contributed by atoms with van der Waals surface area (Å²) < 4.78 is 13.5. The van der Waals surface area contributed by atoms with Gasteiger partial charge in [-0.15, -0.1) is 12.4 Å². The predicted octanol–water partition coefficient (Wildman–Crippen LogP) is 3.03. The maximum absolute atomic E-state index is 13.5. The number of aryl methyl sites for hydroxylation is 1. The first-order valence-electron chi connectivity index (χ1n) is 6.45. The zero-order valence-corrected chi connectivity index (χ0v) is 11.9. The molecule has 5 heteroatoms. The number of benzene rings is 1. The Balaban J connectivity index is 0.00000180. The molecule has 2 N–H and O–H groups in total. The molecule has 1 amide bonds. The van der Waals surface area contributed by atoms with Crippen LogP contribution < -0.4 is 10.6 Å². The normalized spacial score (nSPS) is 17.9. The largest absolute Gasteiger partial charge is 0.323 e. The molecule has 19 heavy (non-hydrogen) atoms. The molecular formula is C14H20ClFN2O. The Morgan fingerprint density at radius 1 is 1.53 bits per heavy atom. The van der Waals surface area contributed by atoms with Crippen molar-refractivity contribution in [3.05, 3.63) is 29.6 Å². The van der Waals surface area contributed by atoms with Crippen molar-refractivity contribution in [3.8, 4) is 0 Å². The van der Waals surface area contributed by atoms with Crippen LogP contribution in [0.2, 0.25) is 0 Å². The van der Waals surface area contributed by atoms with E-state index >= 15 is 0 Å². The second-order valence-electron chi connectivity index (χ2n) is 4.81. The Labute approximate surface area is 119 Å². The Hall–Kier alpha value is -1.13. The molecule has 0 saturated carbocycles. The maximum atomic E-state index is 13.5. The number of hydrogen-bond acceptors (Lipinski definition) is 2. The summed E-state index contributed by atoms with van der Waals surface area (Å²) in [5, 5.41) is 6.01. The van der Waals surface area contributed by atoms with Gasteiger partial charge >= 0.3 is 0 Å². The quantitative estimate of drug-likeness (QED) is 0.893. The number of para-hydroxylation sites is 1. The van der Waals surface area contributed by atoms with Crippen LogP contribution in [0.4, 0.5) is 10.1 Å². The zero-order chi connectivity index (χ0) is 13.0. The molecule has 106 valence electrons. The molecule has 1 aromatic rings. The van der Waals surface area contributed by atoms with E-state index < -0.39 is 0 Å². The molecule has 3 nitrogen and oxygen atoms in total. The number of amides is 1. The molecule has 1 saturated heterocycles. The summed E-state index contributed by atoms with van der Waals surface area (Å²) in [7, 11) is 0. The lowest BCUT2D eigenvalue weighted by Crippen LogP contribution is -2.23. The van der Waals surface area contributed by atoms with Gasteiger partial charge in [0.2, 0.25) is 5.91 Å². The second kappa shape index (κ2) is 7.46. The number of rotatable bonds is 4. The van der Waals surface area contributed by atoms with Crippen LogP contribution in [-0.2, 0) is 4.79 Å². The fourth-order valence-electron chi connectivity index (χ4n) is 2.30. The first-order chi connectivity index (χ1) is 8.66. The van der Waals surface area contributed by atoms with Gasteiger partial charge in [-0.2, -0.15) is 0 Å². The van der Waals surface area contributed by atoms with E-state index in [0.717, 1.165) is 24.9 Å². The van der Waals surface area contributed by atoms with Gasteiger partial charge in [0.1, 0.15) is 5.82 Å². The van der Waals surface area contributed by atoms with E-state index in [1.807, 2.05) is 0 Å². The Morgan fingerprint density at radius 2 is 2.32 bits per heavy atom. The highest BCUT2D eigenvalue weighted by Crippen LogP contribution is 2.19. The Morgan fingerprint density at radius 3 is 2.95 bits per heavy atom. The second-order valence-corrected chi connectivity index (χ2v) is 4.81. The lowest BCUT2D eigenvalue weighted by Gasteiger charge is -2.11. The predicted molar refractivity (Wildman–Crippen MR) is 77.3 cm³/mol. The molecule has 0 aliphatic carbocycles. The first kappa shape index (κ1) is 15.9. The Bertz CT molecular complexity index is 413. The third kappa shape index (κ3) is 4.48. The van der Waals surface area contributed by atoms with Gasteiger partial charge in [0.05, 0.1) is 5.69 Å². The van der Waals surface area contributed by atoms with Gasteiger partial charge in [0.25, 0.3) is 0 Å². The van der Waals surface area contributed by atoms with Gasteiger partial charge in [0.15, 0.2) is 0 Å². The average Bonchev–Trinajstić information content (AvgIpc) is 2.84. The zero-order valence-electron chi connectivity index (χ0n) is 11.0. The molecule has 1 heterocycles. The lowest BCUT2D eigenvalue weighted by atomic mass is 10.1. The van der Waals surface area contributed by atoms with E-state index in [9.17, 15) is 9.18 Å². The van der Waals surface area contributed by atoms with Crippen molar-refractivity contribution in [1.29, 1.82) is 0 Å². The van der Waals surface area contributed by atoms with Crippen molar-refractivity contribution >= 4 is 24.0 Å². The van der Waals surface area contributed by atoms with E-state index in [1.54, 1.807) is 19.1 Å². The van der Waals surface area contributed by atoms with Crippen LogP contribution in [0, 0.1) is 12.7 Å². The summed E-state index contributed by atoms with van der Waals surface area (Å²) in [4.78, 5) is 11.8. The molecule has 1 fully saturated rings. The molecule has 1 atom stereocenters. The highest BCUT2D eigenvalue weighted by atomic mass is 35.5. The van der Waals surface area contributed by atoms with Crippen molar-refractivity contribution in [2.75, 3.05) is 11.9 Å². The molecule has 1 aliphatic heterocycles. The lowest BCUT2D eigenvalue weighted by molar-refractivity contribution is -0.116. The average molecular weight is 287 g/mol.